The molecule has 86 valence electrons. The molecule has 4 nitrogen and oxygen atoms in total. The molecule has 0 rings (SSSR count). The minimum Gasteiger partial charge on any atom is -0.383 e. The van der Waals surface area contributed by atoms with Gasteiger partial charge in [0.25, 0.3) is 0 Å². The van der Waals surface area contributed by atoms with Gasteiger partial charge in [-0.3, -0.25) is 0 Å². The molecule has 0 aliphatic carbocycles. The highest BCUT2D eigenvalue weighted by Crippen LogP contribution is 1.98. The summed E-state index contributed by atoms with van der Waals surface area (Å²) in [4.78, 5) is 0. The van der Waals surface area contributed by atoms with E-state index in [2.05, 4.69) is 4.72 Å². The first-order chi connectivity index (χ1) is 6.52. The van der Waals surface area contributed by atoms with E-state index in [1.54, 1.807) is 6.92 Å². The van der Waals surface area contributed by atoms with Crippen molar-refractivity contribution in [1.29, 1.82) is 0 Å². The molecular weight excluding hydrogens is 226 g/mol. The van der Waals surface area contributed by atoms with Crippen molar-refractivity contribution in [2.75, 3.05) is 25.3 Å². The van der Waals surface area contributed by atoms with Crippen LogP contribution in [0.3, 0.4) is 0 Å². The van der Waals surface area contributed by atoms with Crippen LogP contribution in [0.2, 0.25) is 0 Å². The fraction of sp³-hybridized carbons (Fsp3) is 1.00. The van der Waals surface area contributed by atoms with Gasteiger partial charge < -0.3 is 4.74 Å². The molecule has 0 aliphatic heterocycles. The van der Waals surface area contributed by atoms with Crippen LogP contribution >= 0.6 is 11.6 Å². The summed E-state index contributed by atoms with van der Waals surface area (Å²) in [6.07, 6.45) is 1.32. The maximum Gasteiger partial charge on any atom is 0.211 e. The third-order valence-corrected chi connectivity index (χ3v) is 3.45. The molecule has 0 aromatic rings. The summed E-state index contributed by atoms with van der Waals surface area (Å²) in [5.41, 5.74) is 0. The predicted molar refractivity (Wildman–Crippen MR) is 58.2 cm³/mol. The van der Waals surface area contributed by atoms with Gasteiger partial charge in [0.15, 0.2) is 0 Å². The average molecular weight is 244 g/mol. The minimum absolute atomic E-state index is 0.133. The lowest BCUT2D eigenvalue weighted by molar-refractivity contribution is 0.180. The lowest BCUT2D eigenvalue weighted by Gasteiger charge is -2.12. The second-order valence-electron chi connectivity index (χ2n) is 3.19. The van der Waals surface area contributed by atoms with Gasteiger partial charge in [0.2, 0.25) is 10.0 Å². The van der Waals surface area contributed by atoms with E-state index in [9.17, 15) is 8.42 Å². The van der Waals surface area contributed by atoms with Crippen LogP contribution in [-0.4, -0.2) is 39.8 Å². The standard InChI is InChI=1S/C8H18ClNO3S/c1-8(7-13-2)10-14(11,12)6-4-3-5-9/h8,10H,3-7H2,1-2H3. The Kier molecular flexibility index (Phi) is 7.54. The van der Waals surface area contributed by atoms with Crippen LogP contribution in [0.4, 0.5) is 0 Å². The Labute approximate surface area is 91.0 Å². The summed E-state index contributed by atoms with van der Waals surface area (Å²) < 4.78 is 30.1. The zero-order chi connectivity index (χ0) is 11.0. The molecule has 0 saturated carbocycles. The van der Waals surface area contributed by atoms with E-state index in [-0.39, 0.29) is 11.8 Å². The van der Waals surface area contributed by atoms with Gasteiger partial charge in [-0.25, -0.2) is 13.1 Å². The fourth-order valence-corrected chi connectivity index (χ4v) is 2.61. The maximum absolute atomic E-state index is 11.4. The summed E-state index contributed by atoms with van der Waals surface area (Å²) >= 11 is 5.45. The first kappa shape index (κ1) is 14.2. The molecule has 0 radical (unpaired) electrons. The molecule has 0 bridgehead atoms. The number of rotatable bonds is 8. The van der Waals surface area contributed by atoms with Gasteiger partial charge >= 0.3 is 0 Å². The van der Waals surface area contributed by atoms with Crippen molar-refractivity contribution in [1.82, 2.24) is 4.72 Å². The number of alkyl halides is 1. The first-order valence-electron chi connectivity index (χ1n) is 4.56. The summed E-state index contributed by atoms with van der Waals surface area (Å²) in [7, 11) is -1.62. The van der Waals surface area contributed by atoms with Crippen molar-refractivity contribution >= 4 is 21.6 Å². The van der Waals surface area contributed by atoms with Crippen molar-refractivity contribution in [3.8, 4) is 0 Å². The van der Waals surface area contributed by atoms with Crippen LogP contribution in [0.1, 0.15) is 19.8 Å². The summed E-state index contributed by atoms with van der Waals surface area (Å²) in [6.45, 7) is 2.15. The SMILES string of the molecule is COCC(C)NS(=O)(=O)CCCCCl. The lowest BCUT2D eigenvalue weighted by atomic mass is 10.4. The van der Waals surface area contributed by atoms with Gasteiger partial charge in [-0.15, -0.1) is 11.6 Å². The Morgan fingerprint density at radius 3 is 2.57 bits per heavy atom. The van der Waals surface area contributed by atoms with Crippen molar-refractivity contribution in [3.05, 3.63) is 0 Å². The van der Waals surface area contributed by atoms with Gasteiger partial charge in [-0.2, -0.15) is 0 Å². The number of methoxy groups -OCH3 is 1. The molecule has 6 heteroatoms. The van der Waals surface area contributed by atoms with E-state index in [0.717, 1.165) is 6.42 Å². The molecule has 0 aromatic carbocycles. The number of hydrogen-bond acceptors (Lipinski definition) is 3. The fourth-order valence-electron chi connectivity index (χ4n) is 1.04. The monoisotopic (exact) mass is 243 g/mol. The average Bonchev–Trinajstić information content (AvgIpc) is 2.03. The number of halogens is 1. The molecule has 1 N–H and O–H groups in total. The van der Waals surface area contributed by atoms with Gasteiger partial charge in [-0.05, 0) is 19.8 Å². The molecule has 1 atom stereocenters. The first-order valence-corrected chi connectivity index (χ1v) is 6.75. The second kappa shape index (κ2) is 7.45. The second-order valence-corrected chi connectivity index (χ2v) is 5.44. The number of hydrogen-bond donors (Lipinski definition) is 1. The van der Waals surface area contributed by atoms with Gasteiger partial charge in [0, 0.05) is 19.0 Å². The van der Waals surface area contributed by atoms with Gasteiger partial charge in [0.05, 0.1) is 12.4 Å². The van der Waals surface area contributed by atoms with Crippen LogP contribution in [0.5, 0.6) is 0 Å². The normalized spacial score (nSPS) is 14.2. The van der Waals surface area contributed by atoms with Gasteiger partial charge in [0.1, 0.15) is 0 Å². The molecule has 1 unspecified atom stereocenters. The number of ether oxygens (including phenoxy) is 1. The Morgan fingerprint density at radius 1 is 1.43 bits per heavy atom. The predicted octanol–water partition coefficient (Wildman–Crippen LogP) is 0.960. The van der Waals surface area contributed by atoms with Crippen LogP contribution in [-0.2, 0) is 14.8 Å². The summed E-state index contributed by atoms with van der Waals surface area (Å²) in [5.74, 6) is 0.636. The molecule has 14 heavy (non-hydrogen) atoms. The van der Waals surface area contributed by atoms with Crippen molar-refractivity contribution in [2.45, 2.75) is 25.8 Å². The Balaban J connectivity index is 3.82. The molecular formula is C8H18ClNO3S. The third kappa shape index (κ3) is 7.55. The van der Waals surface area contributed by atoms with Crippen LogP contribution in [0.25, 0.3) is 0 Å². The quantitative estimate of drug-likeness (QED) is 0.510. The van der Waals surface area contributed by atoms with Crippen molar-refractivity contribution in [3.63, 3.8) is 0 Å². The molecule has 0 aromatic heterocycles. The zero-order valence-electron chi connectivity index (χ0n) is 8.62. The third-order valence-electron chi connectivity index (χ3n) is 1.59. The van der Waals surface area contributed by atoms with E-state index in [1.165, 1.54) is 7.11 Å². The van der Waals surface area contributed by atoms with Crippen molar-refractivity contribution < 1.29 is 13.2 Å². The summed E-state index contributed by atoms with van der Waals surface area (Å²) in [5, 5.41) is 0. The highest BCUT2D eigenvalue weighted by molar-refractivity contribution is 7.89. The van der Waals surface area contributed by atoms with E-state index < -0.39 is 10.0 Å². The molecule has 0 amide bonds. The Bertz CT molecular complexity index is 231. The summed E-state index contributed by atoms with van der Waals surface area (Å²) in [6, 6.07) is -0.180. The minimum atomic E-state index is -3.16. The van der Waals surface area contributed by atoms with Crippen molar-refractivity contribution in [2.24, 2.45) is 0 Å². The highest BCUT2D eigenvalue weighted by atomic mass is 35.5. The largest absolute Gasteiger partial charge is 0.383 e. The molecule has 0 heterocycles. The van der Waals surface area contributed by atoms with Crippen LogP contribution in [0, 0.1) is 0 Å². The number of nitrogens with one attached hydrogen (secondary N) is 1. The zero-order valence-corrected chi connectivity index (χ0v) is 10.2. The van der Waals surface area contributed by atoms with Crippen LogP contribution in [0.15, 0.2) is 0 Å². The molecule has 0 saturated heterocycles. The molecule has 0 aliphatic rings. The highest BCUT2D eigenvalue weighted by Gasteiger charge is 2.13. The molecule has 0 spiro atoms. The molecule has 0 fully saturated rings. The van der Waals surface area contributed by atoms with E-state index in [4.69, 9.17) is 16.3 Å². The Morgan fingerprint density at radius 2 is 2.07 bits per heavy atom. The maximum atomic E-state index is 11.4. The number of sulfonamides is 1. The Hall–Kier alpha value is 0.160. The van der Waals surface area contributed by atoms with Gasteiger partial charge in [-0.1, -0.05) is 0 Å². The lowest BCUT2D eigenvalue weighted by Crippen LogP contribution is -2.37. The van der Waals surface area contributed by atoms with E-state index >= 15 is 0 Å². The number of unbranched alkanes of at least 4 members (excludes halogenated alkanes) is 1. The topological polar surface area (TPSA) is 55.4 Å². The van der Waals surface area contributed by atoms with E-state index in [0.29, 0.717) is 18.9 Å². The smallest absolute Gasteiger partial charge is 0.211 e. The van der Waals surface area contributed by atoms with E-state index in [1.807, 2.05) is 0 Å². The van der Waals surface area contributed by atoms with Crippen LogP contribution < -0.4 is 4.72 Å².